The number of carbonyl (C=O) groups excluding carboxylic acids is 1. The summed E-state index contributed by atoms with van der Waals surface area (Å²) in [7, 11) is 0. The zero-order chi connectivity index (χ0) is 17.1. The second-order valence-electron chi connectivity index (χ2n) is 7.73. The molecule has 0 bridgehead atoms. The molecule has 4 rings (SSSR count). The standard InChI is InChI=1S/C23H27NO/c25-23(24-22-15-14-18-8-4-5-9-21(18)16-22)20-12-10-19(11-13-20)17-6-2-1-3-7-17/h1-3,6-7,10-13,18,21-22H,4-5,8-9,14-16H2,(H,24,25). The maximum Gasteiger partial charge on any atom is 0.251 e. The Labute approximate surface area is 150 Å². The van der Waals surface area contributed by atoms with Crippen molar-refractivity contribution in [3.63, 3.8) is 0 Å². The van der Waals surface area contributed by atoms with Crippen molar-refractivity contribution in [2.45, 2.75) is 51.0 Å². The van der Waals surface area contributed by atoms with Crippen LogP contribution in [0.3, 0.4) is 0 Å². The van der Waals surface area contributed by atoms with Crippen molar-refractivity contribution in [2.75, 3.05) is 0 Å². The number of amides is 1. The topological polar surface area (TPSA) is 29.1 Å². The second kappa shape index (κ2) is 7.43. The highest BCUT2D eigenvalue weighted by Crippen LogP contribution is 2.40. The van der Waals surface area contributed by atoms with Gasteiger partial charge in [0.2, 0.25) is 0 Å². The van der Waals surface area contributed by atoms with Crippen LogP contribution in [0.5, 0.6) is 0 Å². The van der Waals surface area contributed by atoms with Crippen LogP contribution >= 0.6 is 0 Å². The lowest BCUT2D eigenvalue weighted by molar-refractivity contribution is 0.0879. The van der Waals surface area contributed by atoms with Gasteiger partial charge in [0.1, 0.15) is 0 Å². The molecule has 1 amide bonds. The third kappa shape index (κ3) is 3.78. The Morgan fingerprint density at radius 1 is 0.760 bits per heavy atom. The Balaban J connectivity index is 1.38. The first-order valence-corrected chi connectivity index (χ1v) is 9.76. The third-order valence-corrected chi connectivity index (χ3v) is 6.13. The highest BCUT2D eigenvalue weighted by Gasteiger charge is 2.32. The monoisotopic (exact) mass is 333 g/mol. The second-order valence-corrected chi connectivity index (χ2v) is 7.73. The minimum absolute atomic E-state index is 0.0823. The fourth-order valence-corrected chi connectivity index (χ4v) is 4.72. The van der Waals surface area contributed by atoms with Crippen LogP contribution in [0.15, 0.2) is 54.6 Å². The Morgan fingerprint density at radius 2 is 1.44 bits per heavy atom. The largest absolute Gasteiger partial charge is 0.349 e. The number of hydrogen-bond acceptors (Lipinski definition) is 1. The van der Waals surface area contributed by atoms with Gasteiger partial charge in [0.15, 0.2) is 0 Å². The van der Waals surface area contributed by atoms with E-state index >= 15 is 0 Å². The summed E-state index contributed by atoms with van der Waals surface area (Å²) in [6, 6.07) is 18.6. The summed E-state index contributed by atoms with van der Waals surface area (Å²) in [5.74, 6) is 1.85. The van der Waals surface area contributed by atoms with Gasteiger partial charge in [-0.2, -0.15) is 0 Å². The first kappa shape index (κ1) is 16.4. The van der Waals surface area contributed by atoms with Crippen molar-refractivity contribution in [2.24, 2.45) is 11.8 Å². The summed E-state index contributed by atoms with van der Waals surface area (Å²) in [5, 5.41) is 3.29. The van der Waals surface area contributed by atoms with Crippen molar-refractivity contribution in [1.29, 1.82) is 0 Å². The van der Waals surface area contributed by atoms with E-state index in [1.807, 2.05) is 42.5 Å². The highest BCUT2D eigenvalue weighted by molar-refractivity contribution is 5.94. The maximum absolute atomic E-state index is 12.6. The van der Waals surface area contributed by atoms with Gasteiger partial charge < -0.3 is 5.32 Å². The molecule has 2 aliphatic rings. The van der Waals surface area contributed by atoms with Crippen molar-refractivity contribution in [3.05, 3.63) is 60.2 Å². The molecule has 2 aliphatic carbocycles. The maximum atomic E-state index is 12.6. The van der Waals surface area contributed by atoms with E-state index in [-0.39, 0.29) is 5.91 Å². The van der Waals surface area contributed by atoms with Gasteiger partial charge in [-0.05, 0) is 54.4 Å². The molecule has 25 heavy (non-hydrogen) atoms. The zero-order valence-electron chi connectivity index (χ0n) is 14.8. The molecule has 3 atom stereocenters. The summed E-state index contributed by atoms with van der Waals surface area (Å²) < 4.78 is 0. The van der Waals surface area contributed by atoms with Gasteiger partial charge in [-0.3, -0.25) is 4.79 Å². The fraction of sp³-hybridized carbons (Fsp3) is 0.435. The van der Waals surface area contributed by atoms with Crippen LogP contribution in [0.2, 0.25) is 0 Å². The van der Waals surface area contributed by atoms with Gasteiger partial charge in [0.05, 0.1) is 0 Å². The van der Waals surface area contributed by atoms with Crippen molar-refractivity contribution in [1.82, 2.24) is 5.32 Å². The average Bonchev–Trinajstić information content (AvgIpc) is 2.69. The number of fused-ring (bicyclic) bond motifs is 1. The molecule has 0 saturated heterocycles. The number of nitrogens with one attached hydrogen (secondary N) is 1. The molecule has 2 heteroatoms. The smallest absolute Gasteiger partial charge is 0.251 e. The predicted octanol–water partition coefficient (Wildman–Crippen LogP) is 5.44. The molecule has 0 aromatic heterocycles. The first-order valence-electron chi connectivity index (χ1n) is 9.76. The van der Waals surface area contributed by atoms with Crippen LogP contribution in [-0.2, 0) is 0 Å². The van der Waals surface area contributed by atoms with Crippen molar-refractivity contribution < 1.29 is 4.79 Å². The lowest BCUT2D eigenvalue weighted by Gasteiger charge is -2.39. The normalized spacial score (nSPS) is 25.8. The van der Waals surface area contributed by atoms with E-state index in [0.29, 0.717) is 6.04 Å². The molecule has 0 aliphatic heterocycles. The molecule has 0 radical (unpaired) electrons. The lowest BCUT2D eigenvalue weighted by Crippen LogP contribution is -2.41. The molecule has 2 aromatic carbocycles. The summed E-state index contributed by atoms with van der Waals surface area (Å²) >= 11 is 0. The molecule has 0 spiro atoms. The number of benzene rings is 2. The summed E-state index contributed by atoms with van der Waals surface area (Å²) in [6.07, 6.45) is 9.18. The molecule has 1 N–H and O–H groups in total. The Morgan fingerprint density at radius 3 is 2.20 bits per heavy atom. The number of carbonyl (C=O) groups is 1. The van der Waals surface area contributed by atoms with Crippen LogP contribution < -0.4 is 5.32 Å². The van der Waals surface area contributed by atoms with E-state index in [1.165, 1.54) is 44.1 Å². The first-order chi connectivity index (χ1) is 12.3. The minimum atomic E-state index is 0.0823. The molecule has 0 heterocycles. The molecule has 3 unspecified atom stereocenters. The van der Waals surface area contributed by atoms with Crippen molar-refractivity contribution >= 4 is 5.91 Å². The Kier molecular flexibility index (Phi) is 4.87. The molecule has 2 nitrogen and oxygen atoms in total. The molecular weight excluding hydrogens is 306 g/mol. The van der Waals surface area contributed by atoms with E-state index in [1.54, 1.807) is 0 Å². The van der Waals surface area contributed by atoms with E-state index in [9.17, 15) is 4.79 Å². The third-order valence-electron chi connectivity index (χ3n) is 6.13. The van der Waals surface area contributed by atoms with Gasteiger partial charge in [-0.1, -0.05) is 68.1 Å². The lowest BCUT2D eigenvalue weighted by atomic mass is 9.69. The van der Waals surface area contributed by atoms with Crippen LogP contribution in [0.4, 0.5) is 0 Å². The molecule has 2 saturated carbocycles. The number of hydrogen-bond donors (Lipinski definition) is 1. The zero-order valence-corrected chi connectivity index (χ0v) is 14.8. The van der Waals surface area contributed by atoms with Crippen LogP contribution in [-0.4, -0.2) is 11.9 Å². The predicted molar refractivity (Wildman–Crippen MR) is 102 cm³/mol. The van der Waals surface area contributed by atoms with E-state index in [4.69, 9.17) is 0 Å². The molecule has 2 fully saturated rings. The van der Waals surface area contributed by atoms with Gasteiger partial charge >= 0.3 is 0 Å². The van der Waals surface area contributed by atoms with Crippen LogP contribution in [0.25, 0.3) is 11.1 Å². The molecule has 130 valence electrons. The Bertz CT molecular complexity index is 707. The van der Waals surface area contributed by atoms with Crippen LogP contribution in [0.1, 0.15) is 55.3 Å². The number of rotatable bonds is 3. The average molecular weight is 333 g/mol. The van der Waals surface area contributed by atoms with E-state index in [2.05, 4.69) is 17.4 Å². The summed E-state index contributed by atoms with van der Waals surface area (Å²) in [5.41, 5.74) is 3.11. The summed E-state index contributed by atoms with van der Waals surface area (Å²) in [6.45, 7) is 0. The fourth-order valence-electron chi connectivity index (χ4n) is 4.72. The molecule has 2 aromatic rings. The van der Waals surface area contributed by atoms with Gasteiger partial charge in [0, 0.05) is 11.6 Å². The highest BCUT2D eigenvalue weighted by atomic mass is 16.1. The van der Waals surface area contributed by atoms with E-state index in [0.717, 1.165) is 29.4 Å². The van der Waals surface area contributed by atoms with Gasteiger partial charge in [0.25, 0.3) is 5.91 Å². The van der Waals surface area contributed by atoms with Crippen LogP contribution in [0, 0.1) is 11.8 Å². The minimum Gasteiger partial charge on any atom is -0.349 e. The summed E-state index contributed by atoms with van der Waals surface area (Å²) in [4.78, 5) is 12.6. The molecular formula is C23H27NO. The van der Waals surface area contributed by atoms with Crippen molar-refractivity contribution in [3.8, 4) is 11.1 Å². The van der Waals surface area contributed by atoms with E-state index < -0.39 is 0 Å². The van der Waals surface area contributed by atoms with Gasteiger partial charge in [-0.25, -0.2) is 0 Å². The SMILES string of the molecule is O=C(NC1CCC2CCCCC2C1)c1ccc(-c2ccccc2)cc1. The Hall–Kier alpha value is -2.09. The van der Waals surface area contributed by atoms with Gasteiger partial charge in [-0.15, -0.1) is 0 Å². The quantitative estimate of drug-likeness (QED) is 0.796.